The van der Waals surface area contributed by atoms with Crippen LogP contribution in [0.15, 0.2) is 24.3 Å². The standard InChI is InChI=1S/C20H24N2O3S/c1-3-4-17-21-13(2)19(26-17)20(25)22-11-9-15(10-12-22)18(24)14-5-7-16(23)8-6-14/h5-8,15,23H,3-4,9-12H2,1-2H3. The molecule has 1 fully saturated rings. The average molecular weight is 372 g/mol. The summed E-state index contributed by atoms with van der Waals surface area (Å²) >= 11 is 1.50. The van der Waals surface area contributed by atoms with Crippen molar-refractivity contribution in [2.75, 3.05) is 13.1 Å². The van der Waals surface area contributed by atoms with Crippen LogP contribution in [0.1, 0.15) is 56.9 Å². The molecule has 138 valence electrons. The fourth-order valence-corrected chi connectivity index (χ4v) is 4.46. The Hall–Kier alpha value is -2.21. The highest BCUT2D eigenvalue weighted by molar-refractivity contribution is 7.13. The molecule has 1 aliphatic heterocycles. The van der Waals surface area contributed by atoms with Crippen molar-refractivity contribution in [3.63, 3.8) is 0 Å². The molecule has 1 aromatic heterocycles. The second-order valence-corrected chi connectivity index (χ2v) is 7.83. The molecule has 0 atom stereocenters. The Morgan fingerprint density at radius 1 is 1.23 bits per heavy atom. The minimum atomic E-state index is -0.0678. The minimum Gasteiger partial charge on any atom is -0.508 e. The van der Waals surface area contributed by atoms with Gasteiger partial charge < -0.3 is 10.0 Å². The van der Waals surface area contributed by atoms with Gasteiger partial charge in [0.2, 0.25) is 0 Å². The van der Waals surface area contributed by atoms with Crippen molar-refractivity contribution >= 4 is 23.0 Å². The van der Waals surface area contributed by atoms with Gasteiger partial charge >= 0.3 is 0 Å². The molecule has 26 heavy (non-hydrogen) atoms. The molecule has 5 nitrogen and oxygen atoms in total. The number of benzene rings is 1. The summed E-state index contributed by atoms with van der Waals surface area (Å²) in [4.78, 5) is 32.5. The maximum absolute atomic E-state index is 12.8. The van der Waals surface area contributed by atoms with Gasteiger partial charge in [0.05, 0.1) is 10.7 Å². The summed E-state index contributed by atoms with van der Waals surface area (Å²) in [7, 11) is 0. The van der Waals surface area contributed by atoms with E-state index in [1.807, 2.05) is 11.8 Å². The van der Waals surface area contributed by atoms with Gasteiger partial charge in [-0.2, -0.15) is 0 Å². The number of piperidine rings is 1. The van der Waals surface area contributed by atoms with Crippen molar-refractivity contribution in [1.29, 1.82) is 0 Å². The summed E-state index contributed by atoms with van der Waals surface area (Å²) in [6.45, 7) is 5.18. The van der Waals surface area contributed by atoms with Crippen molar-refractivity contribution in [2.24, 2.45) is 5.92 Å². The van der Waals surface area contributed by atoms with E-state index in [0.29, 0.717) is 31.5 Å². The summed E-state index contributed by atoms with van der Waals surface area (Å²) < 4.78 is 0. The summed E-state index contributed by atoms with van der Waals surface area (Å²) in [5, 5.41) is 10.4. The third-order valence-corrected chi connectivity index (χ3v) is 6.01. The molecule has 1 saturated heterocycles. The number of Topliss-reactive ketones (excluding diaryl/α,β-unsaturated/α-hetero) is 1. The maximum atomic E-state index is 12.8. The molecule has 0 unspecified atom stereocenters. The third kappa shape index (κ3) is 3.96. The van der Waals surface area contributed by atoms with Crippen LogP contribution in [0.3, 0.4) is 0 Å². The molecule has 1 aromatic carbocycles. The molecule has 6 heteroatoms. The largest absolute Gasteiger partial charge is 0.508 e. The van der Waals surface area contributed by atoms with Gasteiger partial charge in [-0.15, -0.1) is 11.3 Å². The molecule has 1 amide bonds. The van der Waals surface area contributed by atoms with Crippen molar-refractivity contribution in [2.45, 2.75) is 39.5 Å². The summed E-state index contributed by atoms with van der Waals surface area (Å²) in [6, 6.07) is 6.38. The van der Waals surface area contributed by atoms with Crippen molar-refractivity contribution in [1.82, 2.24) is 9.88 Å². The molecular weight excluding hydrogens is 348 g/mol. The Kier molecular flexibility index (Phi) is 5.71. The van der Waals surface area contributed by atoms with Gasteiger partial charge in [0.1, 0.15) is 10.6 Å². The molecule has 2 heterocycles. The highest BCUT2D eigenvalue weighted by Gasteiger charge is 2.29. The normalized spacial score (nSPS) is 15.2. The van der Waals surface area contributed by atoms with Crippen LogP contribution in [0.4, 0.5) is 0 Å². The van der Waals surface area contributed by atoms with E-state index < -0.39 is 0 Å². The lowest BCUT2D eigenvalue weighted by Gasteiger charge is -2.31. The minimum absolute atomic E-state index is 0.0397. The molecule has 0 spiro atoms. The van der Waals surface area contributed by atoms with E-state index in [-0.39, 0.29) is 23.4 Å². The number of ketones is 1. The lowest BCUT2D eigenvalue weighted by molar-refractivity contribution is 0.0653. The summed E-state index contributed by atoms with van der Waals surface area (Å²) in [6.07, 6.45) is 3.27. The van der Waals surface area contributed by atoms with Crippen LogP contribution >= 0.6 is 11.3 Å². The van der Waals surface area contributed by atoms with Crippen LogP contribution in [-0.2, 0) is 6.42 Å². The second kappa shape index (κ2) is 7.99. The first kappa shape index (κ1) is 18.6. The van der Waals surface area contributed by atoms with Crippen LogP contribution in [-0.4, -0.2) is 39.8 Å². The van der Waals surface area contributed by atoms with Crippen LogP contribution in [0, 0.1) is 12.8 Å². The van der Waals surface area contributed by atoms with Crippen LogP contribution in [0.2, 0.25) is 0 Å². The maximum Gasteiger partial charge on any atom is 0.265 e. The molecule has 3 rings (SSSR count). The molecule has 1 aliphatic rings. The quantitative estimate of drug-likeness (QED) is 0.810. The fraction of sp³-hybridized carbons (Fsp3) is 0.450. The number of thiazole rings is 1. The topological polar surface area (TPSA) is 70.5 Å². The van der Waals surface area contributed by atoms with E-state index in [0.717, 1.165) is 28.4 Å². The third-order valence-electron chi connectivity index (χ3n) is 4.80. The first-order valence-corrected chi connectivity index (χ1v) is 9.90. The molecule has 2 aromatic rings. The van der Waals surface area contributed by atoms with Crippen LogP contribution in [0.25, 0.3) is 0 Å². The zero-order valence-electron chi connectivity index (χ0n) is 15.2. The number of carbonyl (C=O) groups excluding carboxylic acids is 2. The zero-order valence-corrected chi connectivity index (χ0v) is 16.0. The molecule has 0 saturated carbocycles. The number of phenolic OH excluding ortho intramolecular Hbond substituents is 1. The lowest BCUT2D eigenvalue weighted by Crippen LogP contribution is -2.40. The number of hydrogen-bond acceptors (Lipinski definition) is 5. The Morgan fingerprint density at radius 2 is 1.88 bits per heavy atom. The van der Waals surface area contributed by atoms with Crippen LogP contribution < -0.4 is 0 Å². The van der Waals surface area contributed by atoms with E-state index in [2.05, 4.69) is 11.9 Å². The highest BCUT2D eigenvalue weighted by Crippen LogP contribution is 2.26. The van der Waals surface area contributed by atoms with Crippen molar-refractivity contribution < 1.29 is 14.7 Å². The van der Waals surface area contributed by atoms with E-state index in [1.54, 1.807) is 12.1 Å². The van der Waals surface area contributed by atoms with E-state index in [9.17, 15) is 14.7 Å². The van der Waals surface area contributed by atoms with Gasteiger partial charge in [0, 0.05) is 24.6 Å². The molecular formula is C20H24N2O3S. The number of nitrogens with zero attached hydrogens (tertiary/aromatic N) is 2. The zero-order chi connectivity index (χ0) is 18.7. The van der Waals surface area contributed by atoms with Gasteiger partial charge in [-0.25, -0.2) is 4.98 Å². The van der Waals surface area contributed by atoms with Gasteiger partial charge in [0.15, 0.2) is 5.78 Å². The Bertz CT molecular complexity index is 790. The number of likely N-dealkylation sites (tertiary alicyclic amines) is 1. The summed E-state index contributed by atoms with van der Waals surface area (Å²) in [5.74, 6) is 0.223. The number of phenols is 1. The fourth-order valence-electron chi connectivity index (χ4n) is 3.32. The Labute approximate surface area is 157 Å². The van der Waals surface area contributed by atoms with Gasteiger partial charge in [-0.05, 0) is 56.9 Å². The van der Waals surface area contributed by atoms with E-state index in [4.69, 9.17) is 0 Å². The lowest BCUT2D eigenvalue weighted by atomic mass is 9.89. The van der Waals surface area contributed by atoms with E-state index >= 15 is 0 Å². The highest BCUT2D eigenvalue weighted by atomic mass is 32.1. The SMILES string of the molecule is CCCc1nc(C)c(C(=O)N2CCC(C(=O)c3ccc(O)cc3)CC2)s1. The number of aromatic hydroxyl groups is 1. The predicted octanol–water partition coefficient (Wildman–Crippen LogP) is 3.84. The monoisotopic (exact) mass is 372 g/mol. The number of carbonyl (C=O) groups is 2. The molecule has 0 bridgehead atoms. The van der Waals surface area contributed by atoms with Gasteiger partial charge in [-0.1, -0.05) is 6.92 Å². The average Bonchev–Trinajstić information content (AvgIpc) is 3.02. The van der Waals surface area contributed by atoms with Crippen molar-refractivity contribution in [3.8, 4) is 5.75 Å². The number of aryl methyl sites for hydroxylation is 2. The molecule has 1 N–H and O–H groups in total. The number of amides is 1. The van der Waals surface area contributed by atoms with Crippen molar-refractivity contribution in [3.05, 3.63) is 45.4 Å². The van der Waals surface area contributed by atoms with Crippen LogP contribution in [0.5, 0.6) is 5.75 Å². The van der Waals surface area contributed by atoms with E-state index in [1.165, 1.54) is 23.5 Å². The molecule has 0 aliphatic carbocycles. The van der Waals surface area contributed by atoms with Gasteiger partial charge in [-0.3, -0.25) is 9.59 Å². The number of rotatable bonds is 5. The smallest absolute Gasteiger partial charge is 0.265 e. The summed E-state index contributed by atoms with van der Waals surface area (Å²) in [5.41, 5.74) is 1.43. The Morgan fingerprint density at radius 3 is 2.50 bits per heavy atom. The predicted molar refractivity (Wildman–Crippen MR) is 102 cm³/mol. The Balaban J connectivity index is 1.62. The number of aromatic nitrogens is 1. The number of hydrogen-bond donors (Lipinski definition) is 1. The van der Waals surface area contributed by atoms with Gasteiger partial charge in [0.25, 0.3) is 5.91 Å². The first-order chi connectivity index (χ1) is 12.5. The molecule has 0 radical (unpaired) electrons. The second-order valence-electron chi connectivity index (χ2n) is 6.75. The first-order valence-electron chi connectivity index (χ1n) is 9.08.